The van der Waals surface area contributed by atoms with Gasteiger partial charge in [0.25, 0.3) is 0 Å². The molecule has 0 saturated carbocycles. The number of hydrogen-bond donors (Lipinski definition) is 0. The summed E-state index contributed by atoms with van der Waals surface area (Å²) in [7, 11) is 0. The highest BCUT2D eigenvalue weighted by molar-refractivity contribution is 5.06. The van der Waals surface area contributed by atoms with E-state index in [1.807, 2.05) is 6.08 Å². The van der Waals surface area contributed by atoms with Crippen molar-refractivity contribution in [2.75, 3.05) is 0 Å². The average molecular weight is 138 g/mol. The Hall–Kier alpha value is -0.520. The fourth-order valence-corrected chi connectivity index (χ4v) is 1.03. The lowest BCUT2D eigenvalue weighted by molar-refractivity contribution is 0.539. The molecule has 0 aromatic rings. The lowest BCUT2D eigenvalue weighted by Crippen LogP contribution is -1.99. The van der Waals surface area contributed by atoms with Crippen LogP contribution in [0.1, 0.15) is 34.1 Å². The minimum atomic E-state index is 0.313. The Kier molecular flexibility index (Phi) is 3.41. The van der Waals surface area contributed by atoms with E-state index in [1.54, 1.807) is 0 Å². The molecule has 0 aromatic heterocycles. The zero-order valence-corrected chi connectivity index (χ0v) is 7.57. The predicted molar refractivity (Wildman–Crippen MR) is 48.0 cm³/mol. The quantitative estimate of drug-likeness (QED) is 0.512. The summed E-state index contributed by atoms with van der Waals surface area (Å²) in [5, 5.41) is 0. The van der Waals surface area contributed by atoms with Gasteiger partial charge >= 0.3 is 0 Å². The molecule has 0 saturated heterocycles. The van der Waals surface area contributed by atoms with Crippen molar-refractivity contribution in [1.82, 2.24) is 0 Å². The van der Waals surface area contributed by atoms with Crippen molar-refractivity contribution in [2.24, 2.45) is 5.41 Å². The highest BCUT2D eigenvalue weighted by Gasteiger charge is 2.04. The van der Waals surface area contributed by atoms with E-state index in [4.69, 9.17) is 0 Å². The summed E-state index contributed by atoms with van der Waals surface area (Å²) in [5.74, 6) is 0. The largest absolute Gasteiger partial charge is 0.103 e. The van der Waals surface area contributed by atoms with Crippen LogP contribution in [-0.4, -0.2) is 0 Å². The topological polar surface area (TPSA) is 0 Å². The van der Waals surface area contributed by atoms with Crippen LogP contribution in [-0.2, 0) is 0 Å². The van der Waals surface area contributed by atoms with Gasteiger partial charge in [-0.3, -0.25) is 0 Å². The highest BCUT2D eigenvalue weighted by Crippen LogP contribution is 2.18. The molecule has 0 aliphatic rings. The molecular weight excluding hydrogens is 120 g/mol. The van der Waals surface area contributed by atoms with Gasteiger partial charge in [0.1, 0.15) is 0 Å². The van der Waals surface area contributed by atoms with E-state index in [0.29, 0.717) is 5.41 Å². The van der Waals surface area contributed by atoms with E-state index in [2.05, 4.69) is 40.3 Å². The number of rotatable bonds is 2. The molecule has 0 bridgehead atoms. The molecule has 0 rings (SSSR count). The van der Waals surface area contributed by atoms with Crippen LogP contribution in [0, 0.1) is 5.41 Å². The van der Waals surface area contributed by atoms with Crippen LogP contribution < -0.4 is 0 Å². The third-order valence-corrected chi connectivity index (χ3v) is 1.15. The van der Waals surface area contributed by atoms with Gasteiger partial charge < -0.3 is 0 Å². The summed E-state index contributed by atoms with van der Waals surface area (Å²) < 4.78 is 0. The van der Waals surface area contributed by atoms with E-state index in [-0.39, 0.29) is 0 Å². The second-order valence-corrected chi connectivity index (χ2v) is 3.85. The molecule has 0 radical (unpaired) electrons. The zero-order chi connectivity index (χ0) is 8.20. The maximum absolute atomic E-state index is 3.69. The molecule has 0 heteroatoms. The summed E-state index contributed by atoms with van der Waals surface area (Å²) >= 11 is 0. The van der Waals surface area contributed by atoms with Crippen LogP contribution in [0.25, 0.3) is 0 Å². The molecule has 0 heterocycles. The number of hydrogen-bond acceptors (Lipinski definition) is 0. The van der Waals surface area contributed by atoms with Gasteiger partial charge in [-0.2, -0.15) is 0 Å². The maximum atomic E-state index is 3.69. The summed E-state index contributed by atoms with van der Waals surface area (Å²) in [6, 6.07) is 0. The molecule has 0 aromatic carbocycles. The average Bonchev–Trinajstić information content (AvgIpc) is 1.59. The first-order valence-corrected chi connectivity index (χ1v) is 3.75. The normalized spacial score (nSPS) is 13.4. The Bertz CT molecular complexity index is 133. The SMILES string of the molecule is C=CC/C(C)=C/C(C)(C)C. The van der Waals surface area contributed by atoms with Crippen molar-refractivity contribution in [3.05, 3.63) is 24.3 Å². The Morgan fingerprint density at radius 3 is 2.20 bits per heavy atom. The van der Waals surface area contributed by atoms with Crippen LogP contribution in [0.2, 0.25) is 0 Å². The summed E-state index contributed by atoms with van der Waals surface area (Å²) in [5.41, 5.74) is 1.72. The first-order valence-electron chi connectivity index (χ1n) is 3.75. The van der Waals surface area contributed by atoms with Gasteiger partial charge in [-0.05, 0) is 18.8 Å². The standard InChI is InChI=1S/C10H18/c1-6-7-9(2)8-10(3,4)5/h6,8H,1,7H2,2-5H3/b9-8+. The highest BCUT2D eigenvalue weighted by atomic mass is 14.1. The van der Waals surface area contributed by atoms with Gasteiger partial charge in [0, 0.05) is 0 Å². The van der Waals surface area contributed by atoms with Crippen LogP contribution >= 0.6 is 0 Å². The third-order valence-electron chi connectivity index (χ3n) is 1.15. The molecule has 0 fully saturated rings. The van der Waals surface area contributed by atoms with Crippen molar-refractivity contribution in [1.29, 1.82) is 0 Å². The fraction of sp³-hybridized carbons (Fsp3) is 0.600. The molecule has 58 valence electrons. The molecule has 0 nitrogen and oxygen atoms in total. The van der Waals surface area contributed by atoms with Crippen LogP contribution in [0.15, 0.2) is 24.3 Å². The molecule has 0 amide bonds. The molecule has 0 aliphatic heterocycles. The fourth-order valence-electron chi connectivity index (χ4n) is 1.03. The molecule has 10 heavy (non-hydrogen) atoms. The summed E-state index contributed by atoms with van der Waals surface area (Å²) in [4.78, 5) is 0. The van der Waals surface area contributed by atoms with E-state index in [0.717, 1.165) is 6.42 Å². The first-order chi connectivity index (χ1) is 4.45. The Morgan fingerprint density at radius 1 is 1.40 bits per heavy atom. The lowest BCUT2D eigenvalue weighted by atomic mass is 9.93. The molecule has 0 unspecified atom stereocenters. The van der Waals surface area contributed by atoms with E-state index >= 15 is 0 Å². The summed E-state index contributed by atoms with van der Waals surface area (Å²) in [6.07, 6.45) is 5.24. The Balaban J connectivity index is 4.02. The molecule has 0 spiro atoms. The van der Waals surface area contributed by atoms with Gasteiger partial charge in [0.2, 0.25) is 0 Å². The van der Waals surface area contributed by atoms with Gasteiger partial charge in [0.05, 0.1) is 0 Å². The second-order valence-electron chi connectivity index (χ2n) is 3.85. The van der Waals surface area contributed by atoms with Crippen LogP contribution in [0.4, 0.5) is 0 Å². The van der Waals surface area contributed by atoms with Crippen molar-refractivity contribution >= 4 is 0 Å². The monoisotopic (exact) mass is 138 g/mol. The van der Waals surface area contributed by atoms with Gasteiger partial charge in [-0.25, -0.2) is 0 Å². The van der Waals surface area contributed by atoms with Crippen molar-refractivity contribution in [3.63, 3.8) is 0 Å². The molecule has 0 N–H and O–H groups in total. The zero-order valence-electron chi connectivity index (χ0n) is 7.57. The van der Waals surface area contributed by atoms with Crippen LogP contribution in [0.5, 0.6) is 0 Å². The molecular formula is C10H18. The Morgan fingerprint density at radius 2 is 1.90 bits per heavy atom. The molecule has 0 atom stereocenters. The lowest BCUT2D eigenvalue weighted by Gasteiger charge is -2.13. The minimum absolute atomic E-state index is 0.313. The van der Waals surface area contributed by atoms with Gasteiger partial charge in [0.15, 0.2) is 0 Å². The van der Waals surface area contributed by atoms with E-state index < -0.39 is 0 Å². The first kappa shape index (κ1) is 9.48. The minimum Gasteiger partial charge on any atom is -0.103 e. The maximum Gasteiger partial charge on any atom is -0.0144 e. The van der Waals surface area contributed by atoms with E-state index in [1.165, 1.54) is 5.57 Å². The third kappa shape index (κ3) is 5.61. The second kappa shape index (κ2) is 3.60. The molecule has 0 aliphatic carbocycles. The van der Waals surface area contributed by atoms with Crippen molar-refractivity contribution in [3.8, 4) is 0 Å². The Labute approximate surface area is 64.6 Å². The summed E-state index contributed by atoms with van der Waals surface area (Å²) in [6.45, 7) is 12.5. The van der Waals surface area contributed by atoms with E-state index in [9.17, 15) is 0 Å². The van der Waals surface area contributed by atoms with Gasteiger partial charge in [-0.1, -0.05) is 38.5 Å². The smallest absolute Gasteiger partial charge is 0.0144 e. The van der Waals surface area contributed by atoms with Crippen LogP contribution in [0.3, 0.4) is 0 Å². The van der Waals surface area contributed by atoms with Gasteiger partial charge in [-0.15, -0.1) is 6.58 Å². The number of allylic oxidation sites excluding steroid dienone is 3. The van der Waals surface area contributed by atoms with Crippen molar-refractivity contribution in [2.45, 2.75) is 34.1 Å². The predicted octanol–water partition coefficient (Wildman–Crippen LogP) is 3.55. The van der Waals surface area contributed by atoms with Crippen molar-refractivity contribution < 1.29 is 0 Å².